The zero-order chi connectivity index (χ0) is 25.4. The molecule has 7 nitrogen and oxygen atoms in total. The minimum atomic E-state index is -0.542. The first kappa shape index (κ1) is 24.0. The summed E-state index contributed by atoms with van der Waals surface area (Å²) in [7, 11) is 1.64. The summed E-state index contributed by atoms with van der Waals surface area (Å²) in [6, 6.07) is 13.5. The predicted molar refractivity (Wildman–Crippen MR) is 134 cm³/mol. The van der Waals surface area contributed by atoms with Crippen LogP contribution in [0.2, 0.25) is 0 Å². The van der Waals surface area contributed by atoms with Crippen LogP contribution < -0.4 is 19.5 Å². The molecule has 1 N–H and O–H groups in total. The molecule has 1 aliphatic carbocycles. The number of carbonyl (C=O) groups excluding carboxylic acids is 2. The first-order valence-corrected chi connectivity index (χ1v) is 12.3. The first-order chi connectivity index (χ1) is 17.4. The van der Waals surface area contributed by atoms with Crippen LogP contribution >= 0.6 is 0 Å². The van der Waals surface area contributed by atoms with Gasteiger partial charge in [-0.3, -0.25) is 4.79 Å². The van der Waals surface area contributed by atoms with Crippen molar-refractivity contribution in [3.63, 3.8) is 0 Å². The highest BCUT2D eigenvalue weighted by Crippen LogP contribution is 2.47. The molecule has 3 aliphatic rings. The average Bonchev–Trinajstić information content (AvgIpc) is 3.34. The van der Waals surface area contributed by atoms with Crippen molar-refractivity contribution in [1.29, 1.82) is 0 Å². The predicted octanol–water partition coefficient (Wildman–Crippen LogP) is 4.98. The topological polar surface area (TPSA) is 83.1 Å². The third-order valence-electron chi connectivity index (χ3n) is 6.91. The maximum absolute atomic E-state index is 13.7. The van der Waals surface area contributed by atoms with Crippen molar-refractivity contribution >= 4 is 11.8 Å². The van der Waals surface area contributed by atoms with Crippen LogP contribution in [0.25, 0.3) is 0 Å². The average molecular weight is 490 g/mol. The molecule has 0 amide bonds. The third kappa shape index (κ3) is 4.45. The molecule has 0 unspecified atom stereocenters. The smallest absolute Gasteiger partial charge is 0.336 e. The van der Waals surface area contributed by atoms with Gasteiger partial charge in [0.15, 0.2) is 17.3 Å². The second-order valence-electron chi connectivity index (χ2n) is 9.90. The number of dihydropyridines is 1. The molecule has 0 aromatic heterocycles. The van der Waals surface area contributed by atoms with Crippen molar-refractivity contribution in [2.24, 2.45) is 5.92 Å². The van der Waals surface area contributed by atoms with E-state index in [0.717, 1.165) is 22.6 Å². The van der Waals surface area contributed by atoms with E-state index in [2.05, 4.69) is 5.32 Å². The Balaban J connectivity index is 1.54. The van der Waals surface area contributed by atoms with Gasteiger partial charge in [-0.1, -0.05) is 32.0 Å². The van der Waals surface area contributed by atoms with Crippen LogP contribution in [0.3, 0.4) is 0 Å². The Morgan fingerprint density at radius 3 is 2.50 bits per heavy atom. The summed E-state index contributed by atoms with van der Waals surface area (Å²) < 4.78 is 22.0. The normalized spacial score (nSPS) is 20.9. The molecule has 2 heterocycles. The molecule has 0 radical (unpaired) electrons. The van der Waals surface area contributed by atoms with Crippen LogP contribution in [-0.2, 0) is 14.3 Å². The second-order valence-corrected chi connectivity index (χ2v) is 9.90. The molecular weight excluding hydrogens is 458 g/mol. The summed E-state index contributed by atoms with van der Waals surface area (Å²) in [4.78, 5) is 27.1. The van der Waals surface area contributed by atoms with E-state index in [1.54, 1.807) is 7.11 Å². The molecule has 0 bridgehead atoms. The molecule has 0 fully saturated rings. The van der Waals surface area contributed by atoms with E-state index < -0.39 is 11.9 Å². The van der Waals surface area contributed by atoms with E-state index in [4.69, 9.17) is 18.9 Å². The fourth-order valence-electron chi connectivity index (χ4n) is 5.17. The number of hydrogen-bond acceptors (Lipinski definition) is 7. The van der Waals surface area contributed by atoms with Crippen LogP contribution in [-0.4, -0.2) is 32.3 Å². The molecule has 2 aromatic rings. The van der Waals surface area contributed by atoms with Crippen LogP contribution in [0, 0.1) is 5.92 Å². The summed E-state index contributed by atoms with van der Waals surface area (Å²) in [5.74, 6) is 1.35. The minimum Gasteiger partial charge on any atom is -0.497 e. The summed E-state index contributed by atoms with van der Waals surface area (Å²) in [5.41, 5.74) is 4.53. The van der Waals surface area contributed by atoms with Crippen molar-refractivity contribution in [1.82, 2.24) is 5.32 Å². The lowest BCUT2D eigenvalue weighted by molar-refractivity contribution is -0.140. The Morgan fingerprint density at radius 2 is 1.78 bits per heavy atom. The number of Topliss-reactive ketones (excluding diaryl/α,β-unsaturated/α-hetero) is 1. The molecule has 2 atom stereocenters. The van der Waals surface area contributed by atoms with Gasteiger partial charge in [0.2, 0.25) is 6.79 Å². The van der Waals surface area contributed by atoms with Crippen LogP contribution in [0.4, 0.5) is 0 Å². The summed E-state index contributed by atoms with van der Waals surface area (Å²) in [6.45, 7) is 6.32. The lowest BCUT2D eigenvalue weighted by Gasteiger charge is -2.36. The van der Waals surface area contributed by atoms with E-state index in [0.29, 0.717) is 47.8 Å². The van der Waals surface area contributed by atoms with Crippen molar-refractivity contribution in [2.75, 3.05) is 20.5 Å². The Labute approximate surface area is 211 Å². The van der Waals surface area contributed by atoms with Gasteiger partial charge in [-0.15, -0.1) is 0 Å². The highest BCUT2D eigenvalue weighted by atomic mass is 16.7. The Hall–Kier alpha value is -3.74. The number of ether oxygens (including phenoxy) is 4. The molecule has 2 aliphatic heterocycles. The van der Waals surface area contributed by atoms with E-state index in [1.807, 2.05) is 63.2 Å². The monoisotopic (exact) mass is 489 g/mol. The van der Waals surface area contributed by atoms with E-state index in [-0.39, 0.29) is 24.4 Å². The molecule has 36 heavy (non-hydrogen) atoms. The zero-order valence-electron chi connectivity index (χ0n) is 21.1. The lowest BCUT2D eigenvalue weighted by Crippen LogP contribution is -2.36. The summed E-state index contributed by atoms with van der Waals surface area (Å²) in [6.07, 6.45) is 1.03. The summed E-state index contributed by atoms with van der Waals surface area (Å²) in [5, 5.41) is 3.40. The molecule has 0 saturated carbocycles. The van der Waals surface area contributed by atoms with E-state index in [1.165, 1.54) is 0 Å². The van der Waals surface area contributed by atoms with Gasteiger partial charge in [0.25, 0.3) is 0 Å². The van der Waals surface area contributed by atoms with Crippen molar-refractivity contribution in [2.45, 2.75) is 45.4 Å². The minimum absolute atomic E-state index is 0.0221. The molecule has 0 saturated heterocycles. The lowest BCUT2D eigenvalue weighted by atomic mass is 9.71. The number of nitrogens with one attached hydrogen (secondary N) is 1. The molecule has 0 spiro atoms. The quantitative estimate of drug-likeness (QED) is 0.573. The van der Waals surface area contributed by atoms with Gasteiger partial charge in [0.05, 0.1) is 19.3 Å². The van der Waals surface area contributed by atoms with Crippen LogP contribution in [0.5, 0.6) is 17.2 Å². The number of allylic oxidation sites excluding steroid dienone is 3. The maximum Gasteiger partial charge on any atom is 0.336 e. The zero-order valence-corrected chi connectivity index (χ0v) is 21.1. The Kier molecular flexibility index (Phi) is 6.48. The Morgan fingerprint density at radius 1 is 1.06 bits per heavy atom. The highest BCUT2D eigenvalue weighted by Gasteiger charge is 2.42. The van der Waals surface area contributed by atoms with Gasteiger partial charge in [0, 0.05) is 29.3 Å². The van der Waals surface area contributed by atoms with Gasteiger partial charge < -0.3 is 24.3 Å². The second kappa shape index (κ2) is 9.72. The van der Waals surface area contributed by atoms with Crippen molar-refractivity contribution in [3.8, 4) is 17.2 Å². The Bertz CT molecular complexity index is 1260. The number of hydrogen-bond donors (Lipinski definition) is 1. The standard InChI is InChI=1S/C29H31NO6/c1-16(2)14-34-29(32)26-17(3)30-22-11-20(18-5-8-21(33-4)9-6-18)12-23(31)28(22)27(26)19-7-10-24-25(13-19)36-15-35-24/h5-10,13,16,20,27,30H,11-12,14-15H2,1-4H3/t20-,27-/m1/s1. The van der Waals surface area contributed by atoms with Crippen molar-refractivity contribution < 1.29 is 28.5 Å². The summed E-state index contributed by atoms with van der Waals surface area (Å²) >= 11 is 0. The number of fused-ring (bicyclic) bond motifs is 1. The van der Waals surface area contributed by atoms with Gasteiger partial charge in [-0.05, 0) is 60.6 Å². The molecule has 188 valence electrons. The fraction of sp³-hybridized carbons (Fsp3) is 0.379. The first-order valence-electron chi connectivity index (χ1n) is 12.3. The number of rotatable bonds is 6. The molecular formula is C29H31NO6. The number of carbonyl (C=O) groups is 2. The van der Waals surface area contributed by atoms with Gasteiger partial charge >= 0.3 is 5.97 Å². The van der Waals surface area contributed by atoms with Gasteiger partial charge in [-0.2, -0.15) is 0 Å². The van der Waals surface area contributed by atoms with E-state index >= 15 is 0 Å². The van der Waals surface area contributed by atoms with Crippen molar-refractivity contribution in [3.05, 3.63) is 76.1 Å². The number of benzene rings is 2. The molecule has 2 aromatic carbocycles. The number of esters is 1. The van der Waals surface area contributed by atoms with Gasteiger partial charge in [-0.25, -0.2) is 4.79 Å². The number of methoxy groups -OCH3 is 1. The van der Waals surface area contributed by atoms with Gasteiger partial charge in [0.1, 0.15) is 5.75 Å². The van der Waals surface area contributed by atoms with E-state index in [9.17, 15) is 9.59 Å². The highest BCUT2D eigenvalue weighted by molar-refractivity contribution is 6.04. The largest absolute Gasteiger partial charge is 0.497 e. The van der Waals surface area contributed by atoms with Crippen LogP contribution in [0.1, 0.15) is 56.6 Å². The SMILES string of the molecule is COc1ccc([C@H]2CC(=O)C3=C(C2)NC(C)=C(C(=O)OCC(C)C)[C@H]3c2ccc3c(c2)OCO3)cc1. The molecule has 7 heteroatoms. The number of ketones is 1. The van der Waals surface area contributed by atoms with Crippen LogP contribution in [0.15, 0.2) is 65.0 Å². The maximum atomic E-state index is 13.7. The third-order valence-corrected chi connectivity index (χ3v) is 6.91. The molecule has 5 rings (SSSR count). The fourth-order valence-corrected chi connectivity index (χ4v) is 5.17.